The van der Waals surface area contributed by atoms with Gasteiger partial charge in [-0.2, -0.15) is 0 Å². The lowest BCUT2D eigenvalue weighted by molar-refractivity contribution is 0.726. The van der Waals surface area contributed by atoms with Crippen LogP contribution in [-0.4, -0.2) is 6.54 Å². The van der Waals surface area contributed by atoms with Crippen LogP contribution >= 0.6 is 0 Å². The van der Waals surface area contributed by atoms with Crippen LogP contribution in [-0.2, 0) is 12.8 Å². The molecule has 0 fully saturated rings. The highest BCUT2D eigenvalue weighted by Crippen LogP contribution is 2.30. The smallest absolute Gasteiger partial charge is 0.0422 e. The van der Waals surface area contributed by atoms with Crippen molar-refractivity contribution in [2.45, 2.75) is 32.2 Å². The number of hydrogen-bond donors (Lipinski definition) is 2. The summed E-state index contributed by atoms with van der Waals surface area (Å²) in [4.78, 5) is 0. The van der Waals surface area contributed by atoms with Crippen molar-refractivity contribution in [2.24, 2.45) is 11.5 Å². The summed E-state index contributed by atoms with van der Waals surface area (Å²) in [5.41, 5.74) is 17.3. The Bertz CT molecular complexity index is 344. The molecule has 2 nitrogen and oxygen atoms in total. The Morgan fingerprint density at radius 3 is 2.71 bits per heavy atom. The summed E-state index contributed by atoms with van der Waals surface area (Å²) in [5, 5.41) is 0. The SMILES string of the molecule is Cc1ccc([C@H](N)CN)c2c1CCC2. The molecular formula is C12H18N2. The van der Waals surface area contributed by atoms with Gasteiger partial charge in [-0.1, -0.05) is 12.1 Å². The highest BCUT2D eigenvalue weighted by molar-refractivity contribution is 5.44. The van der Waals surface area contributed by atoms with Gasteiger partial charge in [0.2, 0.25) is 0 Å². The molecule has 0 saturated heterocycles. The van der Waals surface area contributed by atoms with Gasteiger partial charge >= 0.3 is 0 Å². The highest BCUT2D eigenvalue weighted by Gasteiger charge is 2.19. The number of benzene rings is 1. The predicted molar refractivity (Wildman–Crippen MR) is 59.2 cm³/mol. The first kappa shape index (κ1) is 9.69. The lowest BCUT2D eigenvalue weighted by Crippen LogP contribution is -2.22. The van der Waals surface area contributed by atoms with Gasteiger partial charge in [-0.3, -0.25) is 0 Å². The predicted octanol–water partition coefficient (Wildman–Crippen LogP) is 1.44. The topological polar surface area (TPSA) is 52.0 Å². The molecular weight excluding hydrogens is 172 g/mol. The third-order valence-corrected chi connectivity index (χ3v) is 3.21. The fourth-order valence-electron chi connectivity index (χ4n) is 2.39. The van der Waals surface area contributed by atoms with Crippen molar-refractivity contribution in [1.82, 2.24) is 0 Å². The molecule has 0 bridgehead atoms. The molecule has 0 saturated carbocycles. The van der Waals surface area contributed by atoms with Gasteiger partial charge in [0.25, 0.3) is 0 Å². The number of aryl methyl sites for hydroxylation is 1. The summed E-state index contributed by atoms with van der Waals surface area (Å²) in [6, 6.07) is 4.34. The monoisotopic (exact) mass is 190 g/mol. The molecule has 4 N–H and O–H groups in total. The van der Waals surface area contributed by atoms with Gasteiger partial charge in [0.05, 0.1) is 0 Å². The van der Waals surface area contributed by atoms with Crippen molar-refractivity contribution < 1.29 is 0 Å². The van der Waals surface area contributed by atoms with Crippen LogP contribution in [0.1, 0.15) is 34.7 Å². The van der Waals surface area contributed by atoms with Gasteiger partial charge in [-0.15, -0.1) is 0 Å². The quantitative estimate of drug-likeness (QED) is 0.741. The van der Waals surface area contributed by atoms with Crippen LogP contribution in [0.15, 0.2) is 12.1 Å². The third kappa shape index (κ3) is 1.45. The normalized spacial score (nSPS) is 16.8. The molecule has 0 spiro atoms. The van der Waals surface area contributed by atoms with E-state index in [0.717, 1.165) is 0 Å². The van der Waals surface area contributed by atoms with Crippen molar-refractivity contribution >= 4 is 0 Å². The standard InChI is InChI=1S/C12H18N2/c1-8-5-6-11(12(14)7-13)10-4-2-3-9(8)10/h5-6,12H,2-4,7,13-14H2,1H3/t12-/m1/s1. The zero-order valence-electron chi connectivity index (χ0n) is 8.72. The molecule has 0 unspecified atom stereocenters. The molecule has 0 heterocycles. The van der Waals surface area contributed by atoms with Crippen LogP contribution in [0.2, 0.25) is 0 Å². The maximum Gasteiger partial charge on any atom is 0.0422 e. The summed E-state index contributed by atoms with van der Waals surface area (Å²) in [6.45, 7) is 2.72. The van der Waals surface area contributed by atoms with Crippen molar-refractivity contribution in [3.05, 3.63) is 34.4 Å². The minimum absolute atomic E-state index is 0.0162. The Balaban J connectivity index is 2.48. The van der Waals surface area contributed by atoms with Crippen molar-refractivity contribution in [3.8, 4) is 0 Å². The molecule has 0 radical (unpaired) electrons. The zero-order chi connectivity index (χ0) is 10.1. The lowest BCUT2D eigenvalue weighted by atomic mass is 9.95. The molecule has 1 aliphatic carbocycles. The average Bonchev–Trinajstić information content (AvgIpc) is 2.67. The van der Waals surface area contributed by atoms with Gasteiger partial charge in [0, 0.05) is 12.6 Å². The van der Waals surface area contributed by atoms with E-state index in [-0.39, 0.29) is 6.04 Å². The Morgan fingerprint density at radius 1 is 1.29 bits per heavy atom. The molecule has 1 atom stereocenters. The number of fused-ring (bicyclic) bond motifs is 1. The van der Waals surface area contributed by atoms with E-state index in [1.165, 1.54) is 41.5 Å². The summed E-state index contributed by atoms with van der Waals surface area (Å²) < 4.78 is 0. The number of nitrogens with two attached hydrogens (primary N) is 2. The molecule has 2 heteroatoms. The first-order chi connectivity index (χ1) is 6.74. The molecule has 0 aliphatic heterocycles. The third-order valence-electron chi connectivity index (χ3n) is 3.21. The molecule has 1 aromatic rings. The van der Waals surface area contributed by atoms with Gasteiger partial charge in [-0.25, -0.2) is 0 Å². The maximum atomic E-state index is 5.99. The maximum absolute atomic E-state index is 5.99. The van der Waals surface area contributed by atoms with E-state index in [0.29, 0.717) is 6.54 Å². The van der Waals surface area contributed by atoms with E-state index in [9.17, 15) is 0 Å². The van der Waals surface area contributed by atoms with E-state index in [1.807, 2.05) is 0 Å². The lowest BCUT2D eigenvalue weighted by Gasteiger charge is -2.15. The Kier molecular flexibility index (Phi) is 2.57. The number of hydrogen-bond acceptors (Lipinski definition) is 2. The van der Waals surface area contributed by atoms with Crippen LogP contribution in [0, 0.1) is 6.92 Å². The van der Waals surface area contributed by atoms with Crippen molar-refractivity contribution in [3.63, 3.8) is 0 Å². The minimum atomic E-state index is 0.0162. The van der Waals surface area contributed by atoms with E-state index in [1.54, 1.807) is 0 Å². The molecule has 1 aliphatic rings. The average molecular weight is 190 g/mol. The first-order valence-electron chi connectivity index (χ1n) is 5.31. The molecule has 1 aromatic carbocycles. The van der Waals surface area contributed by atoms with Crippen LogP contribution in [0.25, 0.3) is 0 Å². The van der Waals surface area contributed by atoms with E-state index in [4.69, 9.17) is 11.5 Å². The minimum Gasteiger partial charge on any atom is -0.329 e. The van der Waals surface area contributed by atoms with E-state index in [2.05, 4.69) is 19.1 Å². The fraction of sp³-hybridized carbons (Fsp3) is 0.500. The van der Waals surface area contributed by atoms with Crippen molar-refractivity contribution in [2.75, 3.05) is 6.54 Å². The Morgan fingerprint density at radius 2 is 2.00 bits per heavy atom. The summed E-state index contributed by atoms with van der Waals surface area (Å²) in [7, 11) is 0. The summed E-state index contributed by atoms with van der Waals surface area (Å²) in [6.07, 6.45) is 3.66. The first-order valence-corrected chi connectivity index (χ1v) is 5.31. The molecule has 14 heavy (non-hydrogen) atoms. The largest absolute Gasteiger partial charge is 0.329 e. The van der Waals surface area contributed by atoms with Crippen LogP contribution < -0.4 is 11.5 Å². The second kappa shape index (κ2) is 3.71. The Hall–Kier alpha value is -0.860. The van der Waals surface area contributed by atoms with E-state index >= 15 is 0 Å². The number of rotatable bonds is 2. The fourth-order valence-corrected chi connectivity index (χ4v) is 2.39. The van der Waals surface area contributed by atoms with E-state index < -0.39 is 0 Å². The van der Waals surface area contributed by atoms with Crippen molar-refractivity contribution in [1.29, 1.82) is 0 Å². The zero-order valence-corrected chi connectivity index (χ0v) is 8.72. The van der Waals surface area contributed by atoms with Crippen LogP contribution in [0.4, 0.5) is 0 Å². The van der Waals surface area contributed by atoms with Gasteiger partial charge in [0.15, 0.2) is 0 Å². The highest BCUT2D eigenvalue weighted by atomic mass is 14.7. The van der Waals surface area contributed by atoms with Crippen LogP contribution in [0.5, 0.6) is 0 Å². The van der Waals surface area contributed by atoms with Gasteiger partial charge < -0.3 is 11.5 Å². The van der Waals surface area contributed by atoms with Crippen LogP contribution in [0.3, 0.4) is 0 Å². The summed E-state index contributed by atoms with van der Waals surface area (Å²) in [5.74, 6) is 0. The molecule has 0 aromatic heterocycles. The Labute approximate surface area is 85.3 Å². The second-order valence-electron chi connectivity index (χ2n) is 4.12. The summed E-state index contributed by atoms with van der Waals surface area (Å²) >= 11 is 0. The molecule has 2 rings (SSSR count). The molecule has 76 valence electrons. The van der Waals surface area contributed by atoms with Gasteiger partial charge in [0.1, 0.15) is 0 Å². The second-order valence-corrected chi connectivity index (χ2v) is 4.12. The van der Waals surface area contributed by atoms with Gasteiger partial charge in [-0.05, 0) is 48.4 Å². The molecule has 0 amide bonds.